The van der Waals surface area contributed by atoms with E-state index >= 15 is 0 Å². The van der Waals surface area contributed by atoms with Gasteiger partial charge in [-0.2, -0.15) is 11.8 Å². The van der Waals surface area contributed by atoms with E-state index in [1.807, 2.05) is 11.8 Å². The van der Waals surface area contributed by atoms with Crippen molar-refractivity contribution < 1.29 is 4.74 Å². The highest BCUT2D eigenvalue weighted by atomic mass is 32.2. The Balaban J connectivity index is 2.32. The van der Waals surface area contributed by atoms with Crippen molar-refractivity contribution in [3.8, 4) is 0 Å². The van der Waals surface area contributed by atoms with Crippen LogP contribution in [0.3, 0.4) is 0 Å². The largest absolute Gasteiger partial charge is 0.383 e. The molecule has 0 amide bonds. The number of hydrogen-bond acceptors (Lipinski definition) is 3. The van der Waals surface area contributed by atoms with Crippen molar-refractivity contribution in [2.75, 3.05) is 25.2 Å². The summed E-state index contributed by atoms with van der Waals surface area (Å²) in [6, 6.07) is 0. The molecular weight excluding hydrogens is 134 g/mol. The summed E-state index contributed by atoms with van der Waals surface area (Å²) in [5.74, 6) is 2.25. The Kier molecular flexibility index (Phi) is 2.38. The number of nitrogens with two attached hydrogens (primary N) is 1. The van der Waals surface area contributed by atoms with Crippen molar-refractivity contribution in [1.82, 2.24) is 0 Å². The zero-order valence-corrected chi connectivity index (χ0v) is 6.54. The van der Waals surface area contributed by atoms with Gasteiger partial charge in [-0.3, -0.25) is 0 Å². The van der Waals surface area contributed by atoms with Crippen molar-refractivity contribution >= 4 is 11.8 Å². The predicted octanol–water partition coefficient (Wildman–Crippen LogP) is 0.467. The average molecular weight is 147 g/mol. The first-order chi connectivity index (χ1) is 4.27. The van der Waals surface area contributed by atoms with Crippen LogP contribution in [-0.2, 0) is 4.74 Å². The number of methoxy groups -OCH3 is 1. The van der Waals surface area contributed by atoms with Crippen LogP contribution in [0.15, 0.2) is 0 Å². The molecule has 0 aliphatic carbocycles. The third-order valence-corrected chi connectivity index (χ3v) is 2.84. The van der Waals surface area contributed by atoms with Crippen molar-refractivity contribution in [2.24, 2.45) is 5.73 Å². The summed E-state index contributed by atoms with van der Waals surface area (Å²) in [6.45, 7) is 0.708. The summed E-state index contributed by atoms with van der Waals surface area (Å²) in [4.78, 5) is 0. The molecule has 0 saturated carbocycles. The molecule has 1 saturated heterocycles. The minimum Gasteiger partial charge on any atom is -0.383 e. The average Bonchev–Trinajstić information content (AvgIpc) is 2.16. The maximum atomic E-state index is 5.92. The highest BCUT2D eigenvalue weighted by molar-refractivity contribution is 7.99. The molecule has 0 radical (unpaired) electrons. The molecule has 3 heteroatoms. The summed E-state index contributed by atoms with van der Waals surface area (Å²) in [5, 5.41) is 0. The van der Waals surface area contributed by atoms with Gasteiger partial charge in [0.15, 0.2) is 0 Å². The number of thioether (sulfide) groups is 1. The molecule has 0 spiro atoms. The second kappa shape index (κ2) is 2.90. The zero-order chi connectivity index (χ0) is 6.74. The molecule has 1 aliphatic heterocycles. The molecule has 2 nitrogen and oxygen atoms in total. The Hall–Kier alpha value is 0.270. The van der Waals surface area contributed by atoms with Crippen molar-refractivity contribution in [1.29, 1.82) is 0 Å². The molecule has 0 aromatic rings. The Morgan fingerprint density at radius 3 is 3.00 bits per heavy atom. The molecule has 1 fully saturated rings. The fraction of sp³-hybridized carbons (Fsp3) is 1.00. The Labute approximate surface area is 60.1 Å². The molecule has 0 bridgehead atoms. The standard InChI is InChI=1S/C6H13NOS/c1-8-4-6(7)2-3-9-5-6/h2-5,7H2,1H3. The van der Waals surface area contributed by atoms with E-state index in [9.17, 15) is 0 Å². The van der Waals surface area contributed by atoms with E-state index in [2.05, 4.69) is 0 Å². The van der Waals surface area contributed by atoms with E-state index in [0.29, 0.717) is 6.61 Å². The summed E-state index contributed by atoms with van der Waals surface area (Å²) in [5.41, 5.74) is 5.91. The smallest absolute Gasteiger partial charge is 0.0650 e. The van der Waals surface area contributed by atoms with E-state index in [4.69, 9.17) is 10.5 Å². The van der Waals surface area contributed by atoms with E-state index in [-0.39, 0.29) is 5.54 Å². The maximum Gasteiger partial charge on any atom is 0.0650 e. The van der Waals surface area contributed by atoms with E-state index in [0.717, 1.165) is 12.2 Å². The Bertz CT molecular complexity index is 91.1. The van der Waals surface area contributed by atoms with Crippen LogP contribution in [0.1, 0.15) is 6.42 Å². The lowest BCUT2D eigenvalue weighted by molar-refractivity contribution is 0.144. The molecule has 1 unspecified atom stereocenters. The molecule has 9 heavy (non-hydrogen) atoms. The van der Waals surface area contributed by atoms with Gasteiger partial charge in [-0.1, -0.05) is 0 Å². The lowest BCUT2D eigenvalue weighted by Crippen LogP contribution is -2.44. The molecule has 1 aliphatic rings. The van der Waals surface area contributed by atoms with Crippen LogP contribution < -0.4 is 5.73 Å². The van der Waals surface area contributed by atoms with Gasteiger partial charge in [0.2, 0.25) is 0 Å². The lowest BCUT2D eigenvalue weighted by Gasteiger charge is -2.20. The van der Waals surface area contributed by atoms with Crippen molar-refractivity contribution in [2.45, 2.75) is 12.0 Å². The van der Waals surface area contributed by atoms with Crippen LogP contribution in [-0.4, -0.2) is 30.8 Å². The van der Waals surface area contributed by atoms with Gasteiger partial charge in [-0.05, 0) is 12.2 Å². The SMILES string of the molecule is COCC1(N)CCSC1. The highest BCUT2D eigenvalue weighted by Crippen LogP contribution is 2.25. The topological polar surface area (TPSA) is 35.2 Å². The maximum absolute atomic E-state index is 5.92. The number of hydrogen-bond donors (Lipinski definition) is 1. The van der Waals surface area contributed by atoms with Gasteiger partial charge in [-0.15, -0.1) is 0 Å². The summed E-state index contributed by atoms with van der Waals surface area (Å²) < 4.78 is 4.99. The molecule has 0 aromatic heterocycles. The quantitative estimate of drug-likeness (QED) is 0.616. The molecule has 2 N–H and O–H groups in total. The van der Waals surface area contributed by atoms with Gasteiger partial charge in [0.1, 0.15) is 0 Å². The summed E-state index contributed by atoms with van der Waals surface area (Å²) in [7, 11) is 1.71. The predicted molar refractivity (Wildman–Crippen MR) is 40.7 cm³/mol. The van der Waals surface area contributed by atoms with Crippen LogP contribution in [0.5, 0.6) is 0 Å². The first-order valence-electron chi connectivity index (χ1n) is 3.12. The second-order valence-corrected chi connectivity index (χ2v) is 3.70. The van der Waals surface area contributed by atoms with E-state index < -0.39 is 0 Å². The number of ether oxygens (including phenoxy) is 1. The molecule has 1 heterocycles. The Morgan fingerprint density at radius 2 is 2.56 bits per heavy atom. The third kappa shape index (κ3) is 1.85. The minimum atomic E-state index is -0.0145. The first-order valence-corrected chi connectivity index (χ1v) is 4.28. The van der Waals surface area contributed by atoms with Gasteiger partial charge in [0.25, 0.3) is 0 Å². The molecule has 0 aromatic carbocycles. The van der Waals surface area contributed by atoms with Gasteiger partial charge < -0.3 is 10.5 Å². The van der Waals surface area contributed by atoms with Crippen LogP contribution in [0.2, 0.25) is 0 Å². The first kappa shape index (κ1) is 7.38. The van der Waals surface area contributed by atoms with Crippen molar-refractivity contribution in [3.63, 3.8) is 0 Å². The van der Waals surface area contributed by atoms with Crippen LogP contribution >= 0.6 is 11.8 Å². The lowest BCUT2D eigenvalue weighted by atomic mass is 10.0. The Morgan fingerprint density at radius 1 is 1.78 bits per heavy atom. The van der Waals surface area contributed by atoms with Crippen LogP contribution in [0.4, 0.5) is 0 Å². The fourth-order valence-corrected chi connectivity index (χ4v) is 2.35. The van der Waals surface area contributed by atoms with E-state index in [1.54, 1.807) is 7.11 Å². The third-order valence-electron chi connectivity index (χ3n) is 1.57. The fourth-order valence-electron chi connectivity index (χ4n) is 1.02. The van der Waals surface area contributed by atoms with Crippen LogP contribution in [0.25, 0.3) is 0 Å². The molecule has 1 rings (SSSR count). The monoisotopic (exact) mass is 147 g/mol. The zero-order valence-electron chi connectivity index (χ0n) is 5.72. The molecule has 1 atom stereocenters. The van der Waals surface area contributed by atoms with Gasteiger partial charge in [0, 0.05) is 18.4 Å². The van der Waals surface area contributed by atoms with Crippen molar-refractivity contribution in [3.05, 3.63) is 0 Å². The normalized spacial score (nSPS) is 35.3. The summed E-state index contributed by atoms with van der Waals surface area (Å²) >= 11 is 1.92. The number of rotatable bonds is 2. The van der Waals surface area contributed by atoms with Gasteiger partial charge in [0.05, 0.1) is 6.61 Å². The van der Waals surface area contributed by atoms with E-state index in [1.165, 1.54) is 5.75 Å². The van der Waals surface area contributed by atoms with Gasteiger partial charge >= 0.3 is 0 Å². The minimum absolute atomic E-state index is 0.0145. The van der Waals surface area contributed by atoms with Gasteiger partial charge in [-0.25, -0.2) is 0 Å². The van der Waals surface area contributed by atoms with Crippen LogP contribution in [0, 0.1) is 0 Å². The second-order valence-electron chi connectivity index (χ2n) is 2.60. The molecule has 54 valence electrons. The summed E-state index contributed by atoms with van der Waals surface area (Å²) in [6.07, 6.45) is 1.10. The highest BCUT2D eigenvalue weighted by Gasteiger charge is 2.29. The molecular formula is C6H13NOS.